The molecule has 0 saturated carbocycles. The molecule has 0 aliphatic carbocycles. The molecule has 0 unspecified atom stereocenters. The predicted octanol–water partition coefficient (Wildman–Crippen LogP) is 1.98. The van der Waals surface area contributed by atoms with E-state index in [2.05, 4.69) is 10.3 Å². The van der Waals surface area contributed by atoms with Crippen molar-refractivity contribution < 1.29 is 4.79 Å². The average Bonchev–Trinajstić information content (AvgIpc) is 2.17. The minimum absolute atomic E-state index is 0.0628. The third-order valence-electron chi connectivity index (χ3n) is 1.93. The number of benzene rings is 1. The van der Waals surface area contributed by atoms with Crippen LogP contribution in [0.25, 0.3) is 0 Å². The summed E-state index contributed by atoms with van der Waals surface area (Å²) in [4.78, 5) is 15.1. The molecule has 0 radical (unpaired) electrons. The van der Waals surface area contributed by atoms with Crippen LogP contribution in [0, 0.1) is 0 Å². The number of hydrogen-bond donors (Lipinski definition) is 1. The van der Waals surface area contributed by atoms with Gasteiger partial charge in [0.2, 0.25) is 0 Å². The van der Waals surface area contributed by atoms with Crippen LogP contribution in [0.4, 0.5) is 5.69 Å². The number of hydrogen-bond acceptors (Lipinski definition) is 3. The van der Waals surface area contributed by atoms with E-state index in [9.17, 15) is 4.79 Å². The smallest absolute Gasteiger partial charge is 0.159 e. The van der Waals surface area contributed by atoms with Gasteiger partial charge in [0, 0.05) is 31.6 Å². The third-order valence-corrected chi connectivity index (χ3v) is 1.93. The lowest BCUT2D eigenvalue weighted by Crippen LogP contribution is -1.97. The monoisotopic (exact) mass is 190 g/mol. The van der Waals surface area contributed by atoms with Gasteiger partial charge in [-0.15, -0.1) is 0 Å². The molecule has 0 aliphatic heterocycles. The Bertz CT molecular complexity index is 370. The molecule has 0 bridgehead atoms. The number of rotatable bonds is 3. The predicted molar refractivity (Wildman–Crippen MR) is 59.5 cm³/mol. The Kier molecular flexibility index (Phi) is 3.40. The molecule has 3 nitrogen and oxygen atoms in total. The summed E-state index contributed by atoms with van der Waals surface area (Å²) >= 11 is 0. The molecule has 0 amide bonds. The Morgan fingerprint density at radius 3 is 2.64 bits per heavy atom. The fraction of sp³-hybridized carbons (Fsp3) is 0.273. The quantitative estimate of drug-likeness (QED) is 0.585. The molecule has 0 spiro atoms. The second kappa shape index (κ2) is 4.56. The maximum atomic E-state index is 11.2. The van der Waals surface area contributed by atoms with E-state index in [1.165, 1.54) is 0 Å². The first-order valence-electron chi connectivity index (χ1n) is 4.43. The van der Waals surface area contributed by atoms with Crippen molar-refractivity contribution in [2.45, 2.75) is 6.92 Å². The molecule has 0 saturated heterocycles. The van der Waals surface area contributed by atoms with Crippen molar-refractivity contribution in [3.63, 3.8) is 0 Å². The lowest BCUT2D eigenvalue weighted by molar-refractivity contribution is 0.101. The summed E-state index contributed by atoms with van der Waals surface area (Å²) in [5.41, 5.74) is 2.56. The molecule has 1 aromatic carbocycles. The van der Waals surface area contributed by atoms with Crippen molar-refractivity contribution in [3.05, 3.63) is 29.3 Å². The largest absolute Gasteiger partial charge is 0.388 e. The first kappa shape index (κ1) is 10.4. The maximum absolute atomic E-state index is 11.2. The van der Waals surface area contributed by atoms with E-state index < -0.39 is 0 Å². The average molecular weight is 190 g/mol. The molecule has 1 aromatic rings. The highest BCUT2D eigenvalue weighted by Crippen LogP contribution is 2.13. The van der Waals surface area contributed by atoms with Crippen molar-refractivity contribution in [1.29, 1.82) is 0 Å². The zero-order valence-electron chi connectivity index (χ0n) is 8.66. The van der Waals surface area contributed by atoms with Crippen molar-refractivity contribution in [2.24, 2.45) is 4.99 Å². The van der Waals surface area contributed by atoms with Gasteiger partial charge in [0.1, 0.15) is 0 Å². The van der Waals surface area contributed by atoms with Crippen LogP contribution in [0.5, 0.6) is 0 Å². The van der Waals surface area contributed by atoms with Crippen LogP contribution in [0.1, 0.15) is 22.8 Å². The second-order valence-electron chi connectivity index (χ2n) is 3.04. The Balaban J connectivity index is 3.19. The van der Waals surface area contributed by atoms with Crippen LogP contribution in [-0.2, 0) is 0 Å². The van der Waals surface area contributed by atoms with Gasteiger partial charge in [0.05, 0.1) is 0 Å². The van der Waals surface area contributed by atoms with Gasteiger partial charge in [0.15, 0.2) is 5.78 Å². The number of aliphatic imine (C=N–C) groups is 1. The molecule has 1 rings (SSSR count). The SMILES string of the molecule is CN=Cc1cc(NC)cc(C(C)=O)c1. The highest BCUT2D eigenvalue weighted by Gasteiger charge is 2.02. The second-order valence-corrected chi connectivity index (χ2v) is 3.04. The van der Waals surface area contributed by atoms with E-state index in [1.807, 2.05) is 25.2 Å². The van der Waals surface area contributed by atoms with E-state index in [0.717, 1.165) is 11.3 Å². The maximum Gasteiger partial charge on any atom is 0.159 e. The van der Waals surface area contributed by atoms with Crippen LogP contribution in [0.3, 0.4) is 0 Å². The van der Waals surface area contributed by atoms with Gasteiger partial charge in [0.25, 0.3) is 0 Å². The van der Waals surface area contributed by atoms with Gasteiger partial charge >= 0.3 is 0 Å². The molecular weight excluding hydrogens is 176 g/mol. The van der Waals surface area contributed by atoms with Crippen molar-refractivity contribution in [1.82, 2.24) is 0 Å². The molecule has 1 N–H and O–H groups in total. The van der Waals surface area contributed by atoms with Crippen molar-refractivity contribution >= 4 is 17.7 Å². The van der Waals surface area contributed by atoms with Gasteiger partial charge in [-0.05, 0) is 30.7 Å². The Morgan fingerprint density at radius 2 is 2.14 bits per heavy atom. The van der Waals surface area contributed by atoms with Crippen LogP contribution >= 0.6 is 0 Å². The Labute approximate surface area is 83.9 Å². The summed E-state index contributed by atoms with van der Waals surface area (Å²) in [6, 6.07) is 5.60. The van der Waals surface area contributed by atoms with Crippen LogP contribution < -0.4 is 5.32 Å². The van der Waals surface area contributed by atoms with Gasteiger partial charge in [-0.3, -0.25) is 9.79 Å². The molecule has 0 atom stereocenters. The molecule has 0 fully saturated rings. The number of Topliss-reactive ketones (excluding diaryl/α,β-unsaturated/α-hetero) is 1. The minimum Gasteiger partial charge on any atom is -0.388 e. The summed E-state index contributed by atoms with van der Waals surface area (Å²) in [7, 11) is 3.53. The number of ketones is 1. The van der Waals surface area contributed by atoms with E-state index in [0.29, 0.717) is 5.56 Å². The molecule has 14 heavy (non-hydrogen) atoms. The van der Waals surface area contributed by atoms with Gasteiger partial charge < -0.3 is 5.32 Å². The summed E-state index contributed by atoms with van der Waals surface area (Å²) < 4.78 is 0. The normalized spacial score (nSPS) is 10.5. The van der Waals surface area contributed by atoms with Gasteiger partial charge in [-0.25, -0.2) is 0 Å². The molecule has 0 heterocycles. The minimum atomic E-state index is 0.0628. The number of anilines is 1. The lowest BCUT2D eigenvalue weighted by Gasteiger charge is -2.04. The van der Waals surface area contributed by atoms with Gasteiger partial charge in [-0.1, -0.05) is 0 Å². The van der Waals surface area contributed by atoms with Crippen LogP contribution in [0.2, 0.25) is 0 Å². The number of nitrogens with one attached hydrogen (secondary N) is 1. The molecular formula is C11H14N2O. The Morgan fingerprint density at radius 1 is 1.43 bits per heavy atom. The highest BCUT2D eigenvalue weighted by molar-refractivity contribution is 5.97. The summed E-state index contributed by atoms with van der Waals surface area (Å²) in [5.74, 6) is 0.0628. The van der Waals surface area contributed by atoms with Crippen LogP contribution in [0.15, 0.2) is 23.2 Å². The highest BCUT2D eigenvalue weighted by atomic mass is 16.1. The standard InChI is InChI=1S/C11H14N2O/c1-8(14)10-4-9(7-12-2)5-11(6-10)13-3/h4-7,13H,1-3H3. The summed E-state index contributed by atoms with van der Waals surface area (Å²) in [5, 5.41) is 3.01. The number of carbonyl (C=O) groups is 1. The first-order chi connectivity index (χ1) is 6.67. The number of nitrogens with zero attached hydrogens (tertiary/aromatic N) is 1. The fourth-order valence-electron chi connectivity index (χ4n) is 1.22. The van der Waals surface area contributed by atoms with E-state index in [4.69, 9.17) is 0 Å². The fourth-order valence-corrected chi connectivity index (χ4v) is 1.22. The van der Waals surface area contributed by atoms with E-state index in [-0.39, 0.29) is 5.78 Å². The van der Waals surface area contributed by atoms with E-state index >= 15 is 0 Å². The number of carbonyl (C=O) groups excluding carboxylic acids is 1. The topological polar surface area (TPSA) is 41.5 Å². The zero-order valence-corrected chi connectivity index (χ0v) is 8.66. The molecule has 3 heteroatoms. The van der Waals surface area contributed by atoms with Crippen LogP contribution in [-0.4, -0.2) is 26.1 Å². The molecule has 74 valence electrons. The summed E-state index contributed by atoms with van der Waals surface area (Å²) in [6.07, 6.45) is 1.73. The third kappa shape index (κ3) is 2.42. The summed E-state index contributed by atoms with van der Waals surface area (Å²) in [6.45, 7) is 1.56. The van der Waals surface area contributed by atoms with Crippen molar-refractivity contribution in [3.8, 4) is 0 Å². The van der Waals surface area contributed by atoms with Gasteiger partial charge in [-0.2, -0.15) is 0 Å². The Hall–Kier alpha value is -1.64. The van der Waals surface area contributed by atoms with E-state index in [1.54, 1.807) is 20.2 Å². The zero-order chi connectivity index (χ0) is 10.6. The van der Waals surface area contributed by atoms with Crippen molar-refractivity contribution in [2.75, 3.05) is 19.4 Å². The molecule has 0 aromatic heterocycles. The first-order valence-corrected chi connectivity index (χ1v) is 4.43. The lowest BCUT2D eigenvalue weighted by atomic mass is 10.1. The molecule has 0 aliphatic rings.